The Balaban J connectivity index is 1.84. The zero-order valence-corrected chi connectivity index (χ0v) is 13.3. The quantitative estimate of drug-likeness (QED) is 0.787. The highest BCUT2D eigenvalue weighted by molar-refractivity contribution is 5.77. The maximum Gasteiger partial charge on any atom is 0.232 e. The number of hydrogen-bond acceptors (Lipinski definition) is 6. The smallest absolute Gasteiger partial charge is 0.232 e. The molecule has 0 bridgehead atoms. The first-order valence-electron chi connectivity index (χ1n) is 7.23. The van der Waals surface area contributed by atoms with Crippen molar-refractivity contribution < 1.29 is 13.9 Å². The minimum absolute atomic E-state index is 0.00646. The Bertz CT molecular complexity index is 478. The number of carbonyl (C=O) groups is 1. The molecule has 1 saturated heterocycles. The lowest BCUT2D eigenvalue weighted by Gasteiger charge is -2.43. The molecule has 7 nitrogen and oxygen atoms in total. The van der Waals surface area contributed by atoms with Crippen molar-refractivity contribution in [2.75, 3.05) is 39.9 Å². The third-order valence-corrected chi connectivity index (χ3v) is 3.86. The third-order valence-electron chi connectivity index (χ3n) is 3.86. The second-order valence-corrected chi connectivity index (χ2v) is 6.00. The predicted molar refractivity (Wildman–Crippen MR) is 76.8 cm³/mol. The van der Waals surface area contributed by atoms with Crippen LogP contribution in [0.4, 0.5) is 0 Å². The van der Waals surface area contributed by atoms with Crippen LogP contribution in [0.1, 0.15) is 25.6 Å². The monoisotopic (exact) mass is 296 g/mol. The maximum atomic E-state index is 12.2. The first kappa shape index (κ1) is 15.9. The normalized spacial score (nSPS) is 17.2. The standard InChI is InChI=1S/C14H24N4O3/c1-11-15-16-12(21-11)9-13(19)17-5-7-18(8-6-17)14(2,3)10-20-4/h5-10H2,1-4H3. The maximum absolute atomic E-state index is 12.2. The van der Waals surface area contributed by atoms with Crippen LogP contribution < -0.4 is 0 Å². The number of amides is 1. The number of methoxy groups -OCH3 is 1. The number of aryl methyl sites for hydroxylation is 1. The number of rotatable bonds is 5. The number of nitrogens with zero attached hydrogens (tertiary/aromatic N) is 4. The van der Waals surface area contributed by atoms with Crippen molar-refractivity contribution in [3.63, 3.8) is 0 Å². The number of carbonyl (C=O) groups excluding carboxylic acids is 1. The van der Waals surface area contributed by atoms with Crippen LogP contribution in [0.25, 0.3) is 0 Å². The van der Waals surface area contributed by atoms with E-state index in [-0.39, 0.29) is 17.9 Å². The van der Waals surface area contributed by atoms with E-state index in [4.69, 9.17) is 9.15 Å². The van der Waals surface area contributed by atoms with E-state index >= 15 is 0 Å². The fourth-order valence-corrected chi connectivity index (χ4v) is 2.66. The zero-order chi connectivity index (χ0) is 15.5. The molecule has 0 spiro atoms. The molecule has 0 N–H and O–H groups in total. The summed E-state index contributed by atoms with van der Waals surface area (Å²) in [6, 6.07) is 0. The van der Waals surface area contributed by atoms with Crippen LogP contribution in [0.5, 0.6) is 0 Å². The molecule has 1 aromatic heterocycles. The second-order valence-electron chi connectivity index (χ2n) is 6.00. The first-order valence-corrected chi connectivity index (χ1v) is 7.23. The van der Waals surface area contributed by atoms with Gasteiger partial charge in [-0.05, 0) is 13.8 Å². The Kier molecular flexibility index (Phi) is 4.95. The van der Waals surface area contributed by atoms with E-state index in [0.29, 0.717) is 18.4 Å². The van der Waals surface area contributed by atoms with Gasteiger partial charge in [0, 0.05) is 45.8 Å². The third kappa shape index (κ3) is 4.01. The van der Waals surface area contributed by atoms with E-state index in [9.17, 15) is 4.79 Å². The molecule has 0 saturated carbocycles. The molecular formula is C14H24N4O3. The summed E-state index contributed by atoms with van der Waals surface area (Å²) < 4.78 is 10.5. The van der Waals surface area contributed by atoms with Crippen LogP contribution in [0.3, 0.4) is 0 Å². The van der Waals surface area contributed by atoms with Crippen molar-refractivity contribution in [1.29, 1.82) is 0 Å². The molecule has 1 amide bonds. The van der Waals surface area contributed by atoms with Gasteiger partial charge in [0.05, 0.1) is 6.61 Å². The number of ether oxygens (including phenoxy) is 1. The first-order chi connectivity index (χ1) is 9.92. The highest BCUT2D eigenvalue weighted by Gasteiger charge is 2.31. The highest BCUT2D eigenvalue weighted by Crippen LogP contribution is 2.17. The molecule has 0 radical (unpaired) electrons. The van der Waals surface area contributed by atoms with Gasteiger partial charge in [0.1, 0.15) is 6.42 Å². The fraction of sp³-hybridized carbons (Fsp3) is 0.786. The molecule has 0 atom stereocenters. The van der Waals surface area contributed by atoms with E-state index in [1.807, 2.05) is 4.90 Å². The lowest BCUT2D eigenvalue weighted by molar-refractivity contribution is -0.133. The molecule has 118 valence electrons. The van der Waals surface area contributed by atoms with Crippen molar-refractivity contribution in [1.82, 2.24) is 20.0 Å². The van der Waals surface area contributed by atoms with E-state index in [1.54, 1.807) is 14.0 Å². The Labute approximate surface area is 125 Å². The van der Waals surface area contributed by atoms with Gasteiger partial charge in [-0.3, -0.25) is 9.69 Å². The molecule has 0 unspecified atom stereocenters. The van der Waals surface area contributed by atoms with E-state index in [1.165, 1.54) is 0 Å². The van der Waals surface area contributed by atoms with Gasteiger partial charge in [0.2, 0.25) is 17.7 Å². The van der Waals surface area contributed by atoms with Crippen molar-refractivity contribution in [3.05, 3.63) is 11.8 Å². The van der Waals surface area contributed by atoms with Crippen LogP contribution in [0.2, 0.25) is 0 Å². The lowest BCUT2D eigenvalue weighted by atomic mass is 10.0. The Morgan fingerprint density at radius 1 is 1.29 bits per heavy atom. The van der Waals surface area contributed by atoms with Crippen molar-refractivity contribution >= 4 is 5.91 Å². The van der Waals surface area contributed by atoms with Crippen LogP contribution in [-0.4, -0.2) is 71.3 Å². The lowest BCUT2D eigenvalue weighted by Crippen LogP contribution is -2.57. The SMILES string of the molecule is COCC(C)(C)N1CCN(C(=O)Cc2nnc(C)o2)CC1. The second kappa shape index (κ2) is 6.53. The number of aromatic nitrogens is 2. The van der Waals surface area contributed by atoms with E-state index in [2.05, 4.69) is 28.9 Å². The minimum Gasteiger partial charge on any atom is -0.425 e. The van der Waals surface area contributed by atoms with Gasteiger partial charge < -0.3 is 14.1 Å². The highest BCUT2D eigenvalue weighted by atomic mass is 16.5. The summed E-state index contributed by atoms with van der Waals surface area (Å²) in [5.74, 6) is 0.923. The molecule has 0 aliphatic carbocycles. The molecule has 1 aliphatic rings. The Morgan fingerprint density at radius 2 is 1.95 bits per heavy atom. The molecule has 2 rings (SSSR count). The van der Waals surface area contributed by atoms with Crippen molar-refractivity contribution in [2.24, 2.45) is 0 Å². The van der Waals surface area contributed by atoms with Crippen molar-refractivity contribution in [2.45, 2.75) is 32.7 Å². The molecule has 1 aliphatic heterocycles. The molecular weight excluding hydrogens is 272 g/mol. The van der Waals surface area contributed by atoms with Crippen LogP contribution in [0.15, 0.2) is 4.42 Å². The molecule has 0 aromatic carbocycles. The fourth-order valence-electron chi connectivity index (χ4n) is 2.66. The van der Waals surface area contributed by atoms with Crippen LogP contribution >= 0.6 is 0 Å². The topological polar surface area (TPSA) is 71.7 Å². The van der Waals surface area contributed by atoms with E-state index in [0.717, 1.165) is 26.2 Å². The van der Waals surface area contributed by atoms with Gasteiger partial charge in [-0.1, -0.05) is 0 Å². The summed E-state index contributed by atoms with van der Waals surface area (Å²) in [5.41, 5.74) is -0.00646. The summed E-state index contributed by atoms with van der Waals surface area (Å²) in [7, 11) is 1.72. The Morgan fingerprint density at radius 3 is 2.48 bits per heavy atom. The number of hydrogen-bond donors (Lipinski definition) is 0. The summed E-state index contributed by atoms with van der Waals surface area (Å²) in [4.78, 5) is 16.4. The summed E-state index contributed by atoms with van der Waals surface area (Å²) >= 11 is 0. The molecule has 21 heavy (non-hydrogen) atoms. The zero-order valence-electron chi connectivity index (χ0n) is 13.3. The van der Waals surface area contributed by atoms with Gasteiger partial charge in [0.25, 0.3) is 0 Å². The van der Waals surface area contributed by atoms with Gasteiger partial charge in [-0.2, -0.15) is 0 Å². The predicted octanol–water partition coefficient (Wildman–Crippen LogP) is 0.490. The largest absolute Gasteiger partial charge is 0.425 e. The number of piperazine rings is 1. The average Bonchev–Trinajstić information content (AvgIpc) is 2.84. The van der Waals surface area contributed by atoms with Gasteiger partial charge in [-0.25, -0.2) is 0 Å². The minimum atomic E-state index is -0.00646. The molecule has 1 fully saturated rings. The average molecular weight is 296 g/mol. The summed E-state index contributed by atoms with van der Waals surface area (Å²) in [6.07, 6.45) is 0.183. The van der Waals surface area contributed by atoms with Gasteiger partial charge >= 0.3 is 0 Å². The van der Waals surface area contributed by atoms with Crippen LogP contribution in [0, 0.1) is 6.92 Å². The molecule has 1 aromatic rings. The summed E-state index contributed by atoms with van der Waals surface area (Å²) in [6.45, 7) is 9.87. The molecule has 7 heteroatoms. The van der Waals surface area contributed by atoms with Crippen molar-refractivity contribution in [3.8, 4) is 0 Å². The van der Waals surface area contributed by atoms with Crippen LogP contribution in [-0.2, 0) is 16.0 Å². The van der Waals surface area contributed by atoms with E-state index < -0.39 is 0 Å². The van der Waals surface area contributed by atoms with Gasteiger partial charge in [0.15, 0.2) is 0 Å². The summed E-state index contributed by atoms with van der Waals surface area (Å²) in [5, 5.41) is 7.61. The Hall–Kier alpha value is -1.47. The molecule has 2 heterocycles. The van der Waals surface area contributed by atoms with Gasteiger partial charge in [-0.15, -0.1) is 10.2 Å².